The average molecular weight is 287 g/mol. The predicted molar refractivity (Wildman–Crippen MR) is 67.9 cm³/mol. The van der Waals surface area contributed by atoms with Crippen molar-refractivity contribution in [3.05, 3.63) is 17.3 Å². The highest BCUT2D eigenvalue weighted by Gasteiger charge is 2.30. The minimum Gasteiger partial charge on any atom is -0.460 e. The van der Waals surface area contributed by atoms with E-state index in [1.807, 2.05) is 0 Å². The van der Waals surface area contributed by atoms with Crippen LogP contribution in [0.15, 0.2) is 4.42 Å². The summed E-state index contributed by atoms with van der Waals surface area (Å²) in [6.45, 7) is 1.73. The lowest BCUT2D eigenvalue weighted by molar-refractivity contribution is 0.0473. The quantitative estimate of drug-likeness (QED) is 0.614. The molecular formula is C14H19F2NO3. The molecule has 20 heavy (non-hydrogen) atoms. The molecule has 1 aliphatic carbocycles. The molecule has 6 heteroatoms. The van der Waals surface area contributed by atoms with Crippen molar-refractivity contribution < 1.29 is 22.7 Å². The van der Waals surface area contributed by atoms with Crippen LogP contribution >= 0.6 is 0 Å². The van der Waals surface area contributed by atoms with Crippen molar-refractivity contribution in [3.63, 3.8) is 0 Å². The molecule has 112 valence electrons. The Hall–Kier alpha value is -1.46. The molecule has 1 fully saturated rings. The molecule has 1 aromatic rings. The molecule has 0 unspecified atom stereocenters. The van der Waals surface area contributed by atoms with Gasteiger partial charge in [0.1, 0.15) is 0 Å². The van der Waals surface area contributed by atoms with Gasteiger partial charge in [-0.25, -0.2) is 18.6 Å². The van der Waals surface area contributed by atoms with Crippen LogP contribution in [0.4, 0.5) is 8.78 Å². The number of alkyl halides is 2. The number of ether oxygens (including phenoxy) is 1. The number of hydrogen-bond acceptors (Lipinski definition) is 4. The van der Waals surface area contributed by atoms with E-state index in [1.54, 1.807) is 6.92 Å². The number of esters is 1. The van der Waals surface area contributed by atoms with E-state index in [4.69, 9.17) is 9.15 Å². The molecule has 0 bridgehead atoms. The zero-order valence-electron chi connectivity index (χ0n) is 11.5. The van der Waals surface area contributed by atoms with E-state index in [-0.39, 0.29) is 18.4 Å². The summed E-state index contributed by atoms with van der Waals surface area (Å²) in [5, 5.41) is 0. The minimum absolute atomic E-state index is 0.0261. The van der Waals surface area contributed by atoms with Crippen molar-refractivity contribution in [2.24, 2.45) is 0 Å². The number of aromatic nitrogens is 1. The molecule has 0 amide bonds. The van der Waals surface area contributed by atoms with Gasteiger partial charge in [0.05, 0.1) is 6.61 Å². The maximum atomic E-state index is 13.0. The van der Waals surface area contributed by atoms with Crippen molar-refractivity contribution in [3.8, 4) is 0 Å². The normalized spacial score (nSPS) is 17.2. The smallest absolute Gasteiger partial charge is 0.376 e. The SMILES string of the molecule is CCOC(=O)c1oc(C2CCCCCC2)nc1C(F)F. The number of rotatable bonds is 4. The van der Waals surface area contributed by atoms with Crippen LogP contribution in [0.5, 0.6) is 0 Å². The second kappa shape index (κ2) is 6.81. The Kier molecular flexibility index (Phi) is 5.09. The van der Waals surface area contributed by atoms with Crippen molar-refractivity contribution in [1.82, 2.24) is 4.98 Å². The summed E-state index contributed by atoms with van der Waals surface area (Å²) in [7, 11) is 0. The third-order valence-electron chi connectivity index (χ3n) is 3.54. The van der Waals surface area contributed by atoms with Gasteiger partial charge >= 0.3 is 5.97 Å². The maximum absolute atomic E-state index is 13.0. The first kappa shape index (κ1) is 14.9. The third-order valence-corrected chi connectivity index (χ3v) is 3.54. The summed E-state index contributed by atoms with van der Waals surface area (Å²) in [5.74, 6) is -1.03. The Morgan fingerprint density at radius 3 is 2.55 bits per heavy atom. The van der Waals surface area contributed by atoms with Crippen LogP contribution in [0.3, 0.4) is 0 Å². The van der Waals surface area contributed by atoms with Gasteiger partial charge in [-0.15, -0.1) is 0 Å². The summed E-state index contributed by atoms with van der Waals surface area (Å²) < 4.78 is 36.0. The van der Waals surface area contributed by atoms with E-state index >= 15 is 0 Å². The van der Waals surface area contributed by atoms with Crippen LogP contribution in [0, 0.1) is 0 Å². The number of carbonyl (C=O) groups excluding carboxylic acids is 1. The summed E-state index contributed by atoms with van der Waals surface area (Å²) in [6, 6.07) is 0. The summed E-state index contributed by atoms with van der Waals surface area (Å²) in [5.41, 5.74) is -0.595. The molecule has 1 saturated carbocycles. The monoisotopic (exact) mass is 287 g/mol. The standard InChI is InChI=1S/C14H19F2NO3/c1-2-19-14(18)11-10(12(15)16)17-13(20-11)9-7-5-3-4-6-8-9/h9,12H,2-8H2,1H3. The van der Waals surface area contributed by atoms with Crippen LogP contribution < -0.4 is 0 Å². The largest absolute Gasteiger partial charge is 0.460 e. The van der Waals surface area contributed by atoms with Crippen LogP contribution in [-0.4, -0.2) is 17.6 Å². The van der Waals surface area contributed by atoms with E-state index in [1.165, 1.54) is 0 Å². The molecule has 1 aromatic heterocycles. The second-order valence-corrected chi connectivity index (χ2v) is 4.98. The summed E-state index contributed by atoms with van der Waals surface area (Å²) in [6.07, 6.45) is 3.25. The molecule has 4 nitrogen and oxygen atoms in total. The fourth-order valence-corrected chi connectivity index (χ4v) is 2.54. The van der Waals surface area contributed by atoms with Gasteiger partial charge in [0, 0.05) is 5.92 Å². The van der Waals surface area contributed by atoms with E-state index in [2.05, 4.69) is 4.98 Å². The average Bonchev–Trinajstić information content (AvgIpc) is 2.69. The first-order valence-corrected chi connectivity index (χ1v) is 7.09. The fourth-order valence-electron chi connectivity index (χ4n) is 2.54. The Morgan fingerprint density at radius 1 is 1.35 bits per heavy atom. The zero-order valence-corrected chi connectivity index (χ0v) is 11.5. The number of oxazole rings is 1. The van der Waals surface area contributed by atoms with Crippen LogP contribution in [0.2, 0.25) is 0 Å². The number of hydrogen-bond donors (Lipinski definition) is 0. The molecule has 2 rings (SSSR count). The van der Waals surface area contributed by atoms with Gasteiger partial charge in [0.15, 0.2) is 11.6 Å². The van der Waals surface area contributed by atoms with E-state index < -0.39 is 23.8 Å². The molecule has 0 radical (unpaired) electrons. The highest BCUT2D eigenvalue weighted by molar-refractivity contribution is 5.87. The first-order valence-electron chi connectivity index (χ1n) is 7.09. The number of carbonyl (C=O) groups is 1. The first-order chi connectivity index (χ1) is 9.63. The van der Waals surface area contributed by atoms with Crippen molar-refractivity contribution in [2.45, 2.75) is 57.8 Å². The van der Waals surface area contributed by atoms with Crippen molar-refractivity contribution in [2.75, 3.05) is 6.61 Å². The van der Waals surface area contributed by atoms with Gasteiger partial charge in [-0.3, -0.25) is 0 Å². The van der Waals surface area contributed by atoms with Crippen molar-refractivity contribution >= 4 is 5.97 Å². The highest BCUT2D eigenvalue weighted by atomic mass is 19.3. The molecule has 0 aliphatic heterocycles. The van der Waals surface area contributed by atoms with Crippen LogP contribution in [0.25, 0.3) is 0 Å². The minimum atomic E-state index is -2.84. The summed E-state index contributed by atoms with van der Waals surface area (Å²) >= 11 is 0. The van der Waals surface area contributed by atoms with Gasteiger partial charge in [0.25, 0.3) is 6.43 Å². The molecular weight excluding hydrogens is 268 g/mol. The Labute approximate surface area is 116 Å². The van der Waals surface area contributed by atoms with Gasteiger partial charge in [-0.1, -0.05) is 25.7 Å². The predicted octanol–water partition coefficient (Wildman–Crippen LogP) is 4.23. The second-order valence-electron chi connectivity index (χ2n) is 4.98. The van der Waals surface area contributed by atoms with E-state index in [0.717, 1.165) is 38.5 Å². The molecule has 0 saturated heterocycles. The van der Waals surface area contributed by atoms with Gasteiger partial charge in [-0.05, 0) is 19.8 Å². The van der Waals surface area contributed by atoms with Gasteiger partial charge in [0.2, 0.25) is 5.76 Å². The molecule has 0 spiro atoms. The van der Waals surface area contributed by atoms with Crippen molar-refractivity contribution in [1.29, 1.82) is 0 Å². The zero-order chi connectivity index (χ0) is 14.5. The highest BCUT2D eigenvalue weighted by Crippen LogP contribution is 2.34. The molecule has 1 aliphatic rings. The van der Waals surface area contributed by atoms with E-state index in [9.17, 15) is 13.6 Å². The molecule has 0 atom stereocenters. The molecule has 0 N–H and O–H groups in total. The molecule has 0 aromatic carbocycles. The summed E-state index contributed by atoms with van der Waals surface area (Å²) in [4.78, 5) is 15.5. The lowest BCUT2D eigenvalue weighted by Crippen LogP contribution is -2.06. The lowest BCUT2D eigenvalue weighted by Gasteiger charge is -2.08. The fraction of sp³-hybridized carbons (Fsp3) is 0.714. The Balaban J connectivity index is 2.25. The lowest BCUT2D eigenvalue weighted by atomic mass is 10.0. The van der Waals surface area contributed by atoms with Crippen LogP contribution in [-0.2, 0) is 4.74 Å². The maximum Gasteiger partial charge on any atom is 0.376 e. The third kappa shape index (κ3) is 3.35. The van der Waals surface area contributed by atoms with E-state index in [0.29, 0.717) is 0 Å². The van der Waals surface area contributed by atoms with Gasteiger partial charge in [-0.2, -0.15) is 0 Å². The Bertz CT molecular complexity index is 451. The Morgan fingerprint density at radius 2 is 2.00 bits per heavy atom. The van der Waals surface area contributed by atoms with Gasteiger partial charge < -0.3 is 9.15 Å². The topological polar surface area (TPSA) is 52.3 Å². The number of halogens is 2. The van der Waals surface area contributed by atoms with Crippen LogP contribution in [0.1, 0.15) is 79.9 Å². The molecule has 1 heterocycles. The number of nitrogens with zero attached hydrogens (tertiary/aromatic N) is 1.